The van der Waals surface area contributed by atoms with Crippen molar-refractivity contribution < 1.29 is 0 Å². The van der Waals surface area contributed by atoms with Crippen LogP contribution in [0, 0.1) is 13.8 Å². The molecule has 0 aromatic carbocycles. The Morgan fingerprint density at radius 2 is 1.95 bits per heavy atom. The summed E-state index contributed by atoms with van der Waals surface area (Å²) in [4.78, 5) is 14.9. The third kappa shape index (κ3) is 3.17. The van der Waals surface area contributed by atoms with E-state index in [4.69, 9.17) is 17.3 Å². The third-order valence-electron chi connectivity index (χ3n) is 3.07. The zero-order valence-corrected chi connectivity index (χ0v) is 12.6. The van der Waals surface area contributed by atoms with Crippen molar-refractivity contribution in [1.82, 2.24) is 15.0 Å². The van der Waals surface area contributed by atoms with Gasteiger partial charge in [0.1, 0.15) is 0 Å². The minimum absolute atomic E-state index is 0.211. The summed E-state index contributed by atoms with van der Waals surface area (Å²) in [5.41, 5.74) is 9.28. The van der Waals surface area contributed by atoms with Crippen LogP contribution in [0.4, 0.5) is 11.5 Å². The van der Waals surface area contributed by atoms with Crippen LogP contribution in [-0.2, 0) is 6.54 Å². The molecule has 0 aliphatic rings. The number of rotatable bonds is 4. The van der Waals surface area contributed by atoms with Crippen LogP contribution in [-0.4, -0.2) is 21.5 Å². The summed E-state index contributed by atoms with van der Waals surface area (Å²) >= 11 is 5.93. The fourth-order valence-electron chi connectivity index (χ4n) is 1.99. The van der Waals surface area contributed by atoms with Crippen molar-refractivity contribution in [2.45, 2.75) is 27.3 Å². The molecule has 0 radical (unpaired) electrons. The van der Waals surface area contributed by atoms with E-state index >= 15 is 0 Å². The molecule has 0 aliphatic carbocycles. The van der Waals surface area contributed by atoms with E-state index in [2.05, 4.69) is 15.0 Å². The van der Waals surface area contributed by atoms with Gasteiger partial charge in [-0.15, -0.1) is 0 Å². The van der Waals surface area contributed by atoms with Gasteiger partial charge in [-0.05, 0) is 44.5 Å². The van der Waals surface area contributed by atoms with Gasteiger partial charge in [-0.2, -0.15) is 4.98 Å². The second kappa shape index (κ2) is 6.05. The molecular formula is C14H18ClN5. The number of hydrogen-bond acceptors (Lipinski definition) is 5. The Kier molecular flexibility index (Phi) is 4.39. The fourth-order valence-corrected chi connectivity index (χ4v) is 2.20. The zero-order chi connectivity index (χ0) is 14.7. The van der Waals surface area contributed by atoms with Gasteiger partial charge in [-0.3, -0.25) is 4.98 Å². The maximum absolute atomic E-state index is 6.07. The van der Waals surface area contributed by atoms with Crippen LogP contribution < -0.4 is 10.6 Å². The van der Waals surface area contributed by atoms with Crippen LogP contribution in [0.1, 0.15) is 24.0 Å². The summed E-state index contributed by atoms with van der Waals surface area (Å²) < 4.78 is 0. The van der Waals surface area contributed by atoms with Crippen molar-refractivity contribution in [2.75, 3.05) is 17.2 Å². The highest BCUT2D eigenvalue weighted by Crippen LogP contribution is 2.25. The fraction of sp³-hybridized carbons (Fsp3) is 0.357. The van der Waals surface area contributed by atoms with Gasteiger partial charge in [0, 0.05) is 12.2 Å². The molecule has 6 heteroatoms. The van der Waals surface area contributed by atoms with Crippen molar-refractivity contribution >= 4 is 23.1 Å². The smallest absolute Gasteiger partial charge is 0.224 e. The second-order valence-corrected chi connectivity index (χ2v) is 4.94. The van der Waals surface area contributed by atoms with E-state index in [1.807, 2.05) is 43.9 Å². The van der Waals surface area contributed by atoms with Crippen molar-refractivity contribution in [3.05, 3.63) is 40.6 Å². The monoisotopic (exact) mass is 291 g/mol. The number of nitrogen functional groups attached to an aromatic ring is 1. The molecule has 0 unspecified atom stereocenters. The summed E-state index contributed by atoms with van der Waals surface area (Å²) in [5.74, 6) is 0.660. The standard InChI is InChI=1S/C14H18ClN5/c1-4-20(8-11-7-5-6-9(2)17-11)13-12(16)10(3)18-14(15)19-13/h5-7H,4,8,16H2,1-3H3. The van der Waals surface area contributed by atoms with Crippen molar-refractivity contribution in [2.24, 2.45) is 0 Å². The Hall–Kier alpha value is -1.88. The predicted molar refractivity (Wildman–Crippen MR) is 81.9 cm³/mol. The highest BCUT2D eigenvalue weighted by Gasteiger charge is 2.15. The van der Waals surface area contributed by atoms with Crippen LogP contribution >= 0.6 is 11.6 Å². The molecular weight excluding hydrogens is 274 g/mol. The number of anilines is 2. The molecule has 5 nitrogen and oxygen atoms in total. The molecule has 0 saturated carbocycles. The quantitative estimate of drug-likeness (QED) is 0.877. The molecule has 0 aliphatic heterocycles. The van der Waals surface area contributed by atoms with Crippen LogP contribution in [0.25, 0.3) is 0 Å². The first-order chi connectivity index (χ1) is 9.51. The van der Waals surface area contributed by atoms with E-state index in [0.29, 0.717) is 23.7 Å². The SMILES string of the molecule is CCN(Cc1cccc(C)n1)c1nc(Cl)nc(C)c1N. The molecule has 2 aromatic heterocycles. The van der Waals surface area contributed by atoms with Crippen molar-refractivity contribution in [1.29, 1.82) is 0 Å². The largest absolute Gasteiger partial charge is 0.394 e. The summed E-state index contributed by atoms with van der Waals surface area (Å²) in [5, 5.41) is 0.211. The van der Waals surface area contributed by atoms with Crippen LogP contribution in [0.15, 0.2) is 18.2 Å². The lowest BCUT2D eigenvalue weighted by atomic mass is 10.2. The minimum atomic E-state index is 0.211. The minimum Gasteiger partial charge on any atom is -0.394 e. The molecule has 0 spiro atoms. The molecule has 0 fully saturated rings. The topological polar surface area (TPSA) is 67.9 Å². The normalized spacial score (nSPS) is 10.6. The van der Waals surface area contributed by atoms with Gasteiger partial charge in [-0.1, -0.05) is 6.07 Å². The first-order valence-corrected chi connectivity index (χ1v) is 6.86. The number of pyridine rings is 1. The molecule has 0 saturated heterocycles. The number of nitrogens with two attached hydrogens (primary N) is 1. The molecule has 2 aromatic rings. The summed E-state index contributed by atoms with van der Waals surface area (Å²) in [6.07, 6.45) is 0. The summed E-state index contributed by atoms with van der Waals surface area (Å²) in [6, 6.07) is 5.95. The van der Waals surface area contributed by atoms with Crippen molar-refractivity contribution in [3.8, 4) is 0 Å². The van der Waals surface area contributed by atoms with Gasteiger partial charge in [0.25, 0.3) is 0 Å². The van der Waals surface area contributed by atoms with E-state index in [0.717, 1.165) is 17.9 Å². The summed E-state index contributed by atoms with van der Waals surface area (Å²) in [6.45, 7) is 7.23. The van der Waals surface area contributed by atoms with Crippen molar-refractivity contribution in [3.63, 3.8) is 0 Å². The van der Waals surface area contributed by atoms with Gasteiger partial charge in [0.05, 0.1) is 23.6 Å². The second-order valence-electron chi connectivity index (χ2n) is 4.60. The van der Waals surface area contributed by atoms with Crippen LogP contribution in [0.5, 0.6) is 0 Å². The number of aryl methyl sites for hydroxylation is 2. The Morgan fingerprint density at radius 1 is 1.20 bits per heavy atom. The first-order valence-electron chi connectivity index (χ1n) is 6.48. The number of nitrogens with zero attached hydrogens (tertiary/aromatic N) is 4. The van der Waals surface area contributed by atoms with E-state index < -0.39 is 0 Å². The zero-order valence-electron chi connectivity index (χ0n) is 11.9. The maximum atomic E-state index is 6.07. The molecule has 0 amide bonds. The summed E-state index contributed by atoms with van der Waals surface area (Å²) in [7, 11) is 0. The van der Waals surface area contributed by atoms with Gasteiger partial charge in [-0.25, -0.2) is 4.98 Å². The average molecular weight is 292 g/mol. The number of aromatic nitrogens is 3. The Bertz CT molecular complexity index is 615. The van der Waals surface area contributed by atoms with Gasteiger partial charge in [0.15, 0.2) is 5.82 Å². The predicted octanol–water partition coefficient (Wildman–Crippen LogP) is 2.75. The molecule has 0 atom stereocenters. The Morgan fingerprint density at radius 3 is 2.60 bits per heavy atom. The molecule has 20 heavy (non-hydrogen) atoms. The van der Waals surface area contributed by atoms with Crippen LogP contribution in [0.2, 0.25) is 5.28 Å². The van der Waals surface area contributed by atoms with Gasteiger partial charge >= 0.3 is 0 Å². The van der Waals surface area contributed by atoms with E-state index in [1.54, 1.807) is 0 Å². The number of halogens is 1. The van der Waals surface area contributed by atoms with E-state index in [-0.39, 0.29) is 5.28 Å². The first kappa shape index (κ1) is 14.5. The van der Waals surface area contributed by atoms with E-state index in [9.17, 15) is 0 Å². The third-order valence-corrected chi connectivity index (χ3v) is 3.24. The molecule has 0 bridgehead atoms. The van der Waals surface area contributed by atoms with Gasteiger partial charge in [0.2, 0.25) is 5.28 Å². The average Bonchev–Trinajstić information content (AvgIpc) is 2.40. The molecule has 2 rings (SSSR count). The van der Waals surface area contributed by atoms with Crippen LogP contribution in [0.3, 0.4) is 0 Å². The highest BCUT2D eigenvalue weighted by molar-refractivity contribution is 6.28. The molecule has 2 N–H and O–H groups in total. The number of hydrogen-bond donors (Lipinski definition) is 1. The highest BCUT2D eigenvalue weighted by atomic mass is 35.5. The lowest BCUT2D eigenvalue weighted by molar-refractivity contribution is 0.788. The maximum Gasteiger partial charge on any atom is 0.224 e. The lowest BCUT2D eigenvalue weighted by Gasteiger charge is -2.23. The van der Waals surface area contributed by atoms with E-state index in [1.165, 1.54) is 0 Å². The lowest BCUT2D eigenvalue weighted by Crippen LogP contribution is -2.25. The molecule has 106 valence electrons. The Labute approximate surface area is 123 Å². The molecule has 2 heterocycles. The van der Waals surface area contributed by atoms with Gasteiger partial charge < -0.3 is 10.6 Å². The Balaban J connectivity index is 2.33.